The lowest BCUT2D eigenvalue weighted by Crippen LogP contribution is -2.44. The topological polar surface area (TPSA) is 100 Å². The van der Waals surface area contributed by atoms with Crippen molar-refractivity contribution < 1.29 is 14.3 Å². The SMILES string of the molecule is Cc1nc([C@@H]2CN(C(=O)c3ccc(C)s3)C[C@H]2NC(=O)C2CCOCC2)n[nH]1. The highest BCUT2D eigenvalue weighted by Gasteiger charge is 2.40. The molecular formula is C19H25N5O3S. The minimum absolute atomic E-state index is 0.00169. The van der Waals surface area contributed by atoms with Crippen molar-refractivity contribution in [1.29, 1.82) is 0 Å². The predicted octanol–water partition coefficient (Wildman–Crippen LogP) is 1.63. The first-order chi connectivity index (χ1) is 13.5. The van der Waals surface area contributed by atoms with E-state index in [2.05, 4.69) is 20.5 Å². The van der Waals surface area contributed by atoms with Gasteiger partial charge in [-0.25, -0.2) is 4.98 Å². The van der Waals surface area contributed by atoms with Crippen molar-refractivity contribution in [3.63, 3.8) is 0 Å². The molecule has 0 aliphatic carbocycles. The fourth-order valence-corrected chi connectivity index (χ4v) is 4.70. The molecule has 0 spiro atoms. The number of aromatic nitrogens is 3. The molecule has 0 radical (unpaired) electrons. The Bertz CT molecular complexity index is 857. The van der Waals surface area contributed by atoms with Crippen LogP contribution < -0.4 is 5.32 Å². The maximum Gasteiger partial charge on any atom is 0.264 e. The highest BCUT2D eigenvalue weighted by Crippen LogP contribution is 2.29. The number of rotatable bonds is 4. The summed E-state index contributed by atoms with van der Waals surface area (Å²) in [6, 6.07) is 3.62. The molecule has 2 aromatic heterocycles. The smallest absolute Gasteiger partial charge is 0.264 e. The van der Waals surface area contributed by atoms with E-state index in [0.717, 1.165) is 28.4 Å². The summed E-state index contributed by atoms with van der Waals surface area (Å²) in [5, 5.41) is 10.3. The lowest BCUT2D eigenvalue weighted by Gasteiger charge is -2.24. The van der Waals surface area contributed by atoms with Crippen LogP contribution in [0.4, 0.5) is 0 Å². The number of amides is 2. The summed E-state index contributed by atoms with van der Waals surface area (Å²) < 4.78 is 5.36. The molecule has 2 amide bonds. The van der Waals surface area contributed by atoms with E-state index >= 15 is 0 Å². The minimum atomic E-state index is -0.199. The zero-order valence-electron chi connectivity index (χ0n) is 16.1. The van der Waals surface area contributed by atoms with Gasteiger partial charge in [0.15, 0.2) is 5.82 Å². The van der Waals surface area contributed by atoms with E-state index < -0.39 is 0 Å². The Morgan fingerprint density at radius 1 is 1.25 bits per heavy atom. The molecule has 2 fully saturated rings. The van der Waals surface area contributed by atoms with Crippen molar-refractivity contribution >= 4 is 23.2 Å². The van der Waals surface area contributed by atoms with Crippen LogP contribution in [0, 0.1) is 19.8 Å². The molecular weight excluding hydrogens is 378 g/mol. The highest BCUT2D eigenvalue weighted by molar-refractivity contribution is 7.13. The van der Waals surface area contributed by atoms with E-state index in [4.69, 9.17) is 4.74 Å². The first kappa shape index (κ1) is 19.1. The van der Waals surface area contributed by atoms with Crippen LogP contribution in [0.1, 0.15) is 45.0 Å². The summed E-state index contributed by atoms with van der Waals surface area (Å²) >= 11 is 1.49. The van der Waals surface area contributed by atoms with Crippen LogP contribution in [-0.2, 0) is 9.53 Å². The van der Waals surface area contributed by atoms with Crippen molar-refractivity contribution in [2.75, 3.05) is 26.3 Å². The first-order valence-corrected chi connectivity index (χ1v) is 10.5. The van der Waals surface area contributed by atoms with Crippen LogP contribution in [0.25, 0.3) is 0 Å². The number of nitrogens with one attached hydrogen (secondary N) is 2. The van der Waals surface area contributed by atoms with Crippen molar-refractivity contribution in [3.05, 3.63) is 33.5 Å². The monoisotopic (exact) mass is 403 g/mol. The van der Waals surface area contributed by atoms with Gasteiger partial charge in [-0.3, -0.25) is 14.7 Å². The molecule has 4 rings (SSSR count). The van der Waals surface area contributed by atoms with Gasteiger partial charge in [0.25, 0.3) is 5.91 Å². The zero-order valence-corrected chi connectivity index (χ0v) is 16.9. The van der Waals surface area contributed by atoms with Gasteiger partial charge in [0, 0.05) is 37.1 Å². The van der Waals surface area contributed by atoms with Gasteiger partial charge < -0.3 is 15.0 Å². The normalized spacial score (nSPS) is 23.1. The Morgan fingerprint density at radius 2 is 2.04 bits per heavy atom. The van der Waals surface area contributed by atoms with Crippen LogP contribution >= 0.6 is 11.3 Å². The van der Waals surface area contributed by atoms with E-state index in [1.165, 1.54) is 11.3 Å². The largest absolute Gasteiger partial charge is 0.381 e. The molecule has 2 aliphatic rings. The van der Waals surface area contributed by atoms with Crippen LogP contribution in [-0.4, -0.2) is 64.2 Å². The molecule has 2 atom stereocenters. The van der Waals surface area contributed by atoms with Gasteiger partial charge in [0.1, 0.15) is 5.82 Å². The summed E-state index contributed by atoms with van der Waals surface area (Å²) in [5.41, 5.74) is 0. The third-order valence-corrected chi connectivity index (χ3v) is 6.41. The van der Waals surface area contributed by atoms with Gasteiger partial charge in [-0.15, -0.1) is 11.3 Å². The number of nitrogens with zero attached hydrogens (tertiary/aromatic N) is 3. The number of hydrogen-bond acceptors (Lipinski definition) is 6. The van der Waals surface area contributed by atoms with Crippen molar-refractivity contribution in [3.8, 4) is 0 Å². The zero-order chi connectivity index (χ0) is 19.7. The van der Waals surface area contributed by atoms with Crippen molar-refractivity contribution in [2.45, 2.75) is 38.6 Å². The molecule has 2 N–H and O–H groups in total. The number of thiophene rings is 1. The number of likely N-dealkylation sites (tertiary alicyclic amines) is 1. The molecule has 4 heterocycles. The number of aryl methyl sites for hydroxylation is 2. The van der Waals surface area contributed by atoms with Crippen molar-refractivity contribution in [2.24, 2.45) is 5.92 Å². The Labute approximate surface area is 167 Å². The second-order valence-corrected chi connectivity index (χ2v) is 8.80. The van der Waals surface area contributed by atoms with Crippen LogP contribution in [0.5, 0.6) is 0 Å². The van der Waals surface area contributed by atoms with Gasteiger partial charge in [0.2, 0.25) is 5.91 Å². The third kappa shape index (κ3) is 3.95. The summed E-state index contributed by atoms with van der Waals surface area (Å²) in [7, 11) is 0. The van der Waals surface area contributed by atoms with E-state index in [1.54, 1.807) is 4.90 Å². The lowest BCUT2D eigenvalue weighted by molar-refractivity contribution is -0.128. The molecule has 8 nitrogen and oxygen atoms in total. The molecule has 28 heavy (non-hydrogen) atoms. The molecule has 0 saturated carbocycles. The molecule has 150 valence electrons. The van der Waals surface area contributed by atoms with Crippen LogP contribution in [0.3, 0.4) is 0 Å². The van der Waals surface area contributed by atoms with Gasteiger partial charge in [-0.1, -0.05) is 0 Å². The Morgan fingerprint density at radius 3 is 2.68 bits per heavy atom. The maximum absolute atomic E-state index is 12.9. The average Bonchev–Trinajstić information content (AvgIpc) is 3.42. The fourth-order valence-electron chi connectivity index (χ4n) is 3.87. The van der Waals surface area contributed by atoms with Gasteiger partial charge in [-0.05, 0) is 38.8 Å². The summed E-state index contributed by atoms with van der Waals surface area (Å²) in [4.78, 5) is 33.8. The number of hydrogen-bond donors (Lipinski definition) is 2. The van der Waals surface area contributed by atoms with Crippen LogP contribution in [0.15, 0.2) is 12.1 Å². The summed E-state index contributed by atoms with van der Waals surface area (Å²) in [6.45, 7) is 6.03. The molecule has 0 bridgehead atoms. The molecule has 2 aromatic rings. The fraction of sp³-hybridized carbons (Fsp3) is 0.579. The molecule has 2 aliphatic heterocycles. The number of aromatic amines is 1. The Hall–Kier alpha value is -2.26. The van der Waals surface area contributed by atoms with Crippen LogP contribution in [0.2, 0.25) is 0 Å². The number of H-pyrrole nitrogens is 1. The van der Waals surface area contributed by atoms with E-state index in [0.29, 0.717) is 32.1 Å². The van der Waals surface area contributed by atoms with Gasteiger partial charge >= 0.3 is 0 Å². The molecule has 9 heteroatoms. The lowest BCUT2D eigenvalue weighted by atomic mass is 9.97. The second kappa shape index (κ2) is 8.00. The van der Waals surface area contributed by atoms with E-state index in [-0.39, 0.29) is 29.7 Å². The first-order valence-electron chi connectivity index (χ1n) is 9.64. The van der Waals surface area contributed by atoms with Gasteiger partial charge in [0.05, 0.1) is 16.8 Å². The predicted molar refractivity (Wildman–Crippen MR) is 104 cm³/mol. The van der Waals surface area contributed by atoms with E-state index in [9.17, 15) is 9.59 Å². The van der Waals surface area contributed by atoms with Gasteiger partial charge in [-0.2, -0.15) is 5.10 Å². The number of carbonyl (C=O) groups excluding carboxylic acids is 2. The third-order valence-electron chi connectivity index (χ3n) is 5.42. The summed E-state index contributed by atoms with van der Waals surface area (Å²) in [6.07, 6.45) is 1.47. The minimum Gasteiger partial charge on any atom is -0.381 e. The Kier molecular flexibility index (Phi) is 5.45. The highest BCUT2D eigenvalue weighted by atomic mass is 32.1. The summed E-state index contributed by atoms with van der Waals surface area (Å²) in [5.74, 6) is 1.24. The molecule has 0 unspecified atom stereocenters. The Balaban J connectivity index is 1.51. The quantitative estimate of drug-likeness (QED) is 0.808. The second-order valence-electron chi connectivity index (χ2n) is 7.51. The average molecular weight is 404 g/mol. The molecule has 2 saturated heterocycles. The number of carbonyl (C=O) groups is 2. The number of ether oxygens (including phenoxy) is 1. The maximum atomic E-state index is 12.9. The molecule has 0 aromatic carbocycles. The standard InChI is InChI=1S/C19H25N5O3S/c1-11-3-4-16(28-11)19(26)24-9-14(17-20-12(2)22-23-17)15(10-24)21-18(25)13-5-7-27-8-6-13/h3-4,13-15H,5-10H2,1-2H3,(H,21,25)(H,20,22,23)/t14-,15-/m1/s1. The van der Waals surface area contributed by atoms with E-state index in [1.807, 2.05) is 26.0 Å². The van der Waals surface area contributed by atoms with Crippen molar-refractivity contribution in [1.82, 2.24) is 25.4 Å².